The van der Waals surface area contributed by atoms with E-state index in [1.165, 1.54) is 6.07 Å². The van der Waals surface area contributed by atoms with E-state index in [0.717, 1.165) is 32.2 Å². The molecule has 0 saturated carbocycles. The van der Waals surface area contributed by atoms with E-state index in [1.54, 1.807) is 19.1 Å². The number of carbonyl (C=O) groups is 1. The molecule has 0 bridgehead atoms. The fourth-order valence-electron chi connectivity index (χ4n) is 2.82. The molecule has 1 saturated heterocycles. The van der Waals surface area contributed by atoms with Crippen LogP contribution in [0, 0.1) is 12.7 Å². The van der Waals surface area contributed by atoms with Crippen LogP contribution in [0.4, 0.5) is 4.39 Å². The van der Waals surface area contributed by atoms with Crippen LogP contribution in [-0.4, -0.2) is 17.9 Å². The van der Waals surface area contributed by atoms with Crippen molar-refractivity contribution in [2.75, 3.05) is 6.54 Å². The van der Waals surface area contributed by atoms with Crippen LogP contribution in [0.25, 0.3) is 0 Å². The molecule has 0 aromatic heterocycles. The molecule has 1 aromatic rings. The molecule has 1 N–H and O–H groups in total. The predicted molar refractivity (Wildman–Crippen MR) is 70.3 cm³/mol. The fourth-order valence-corrected chi connectivity index (χ4v) is 2.82. The van der Waals surface area contributed by atoms with E-state index >= 15 is 0 Å². The zero-order valence-electron chi connectivity index (χ0n) is 11.1. The Kier molecular flexibility index (Phi) is 3.81. The van der Waals surface area contributed by atoms with Crippen molar-refractivity contribution in [2.45, 2.75) is 45.1 Å². The van der Waals surface area contributed by atoms with E-state index < -0.39 is 5.54 Å². The van der Waals surface area contributed by atoms with Gasteiger partial charge < -0.3 is 5.32 Å². The Labute approximate surface area is 108 Å². The summed E-state index contributed by atoms with van der Waals surface area (Å²) < 4.78 is 13.3. The van der Waals surface area contributed by atoms with Crippen LogP contribution in [0.2, 0.25) is 0 Å². The zero-order valence-corrected chi connectivity index (χ0v) is 11.1. The minimum atomic E-state index is -0.418. The van der Waals surface area contributed by atoms with Crippen LogP contribution in [0.1, 0.15) is 48.5 Å². The molecule has 2 rings (SSSR count). The summed E-state index contributed by atoms with van der Waals surface area (Å²) in [5.74, 6) is -0.138. The SMILES string of the molecule is CCCC1(C(=O)c2ccc(F)c(C)c2)CCCN1. The van der Waals surface area contributed by atoms with Gasteiger partial charge in [-0.1, -0.05) is 13.3 Å². The molecule has 0 aliphatic carbocycles. The van der Waals surface area contributed by atoms with E-state index in [2.05, 4.69) is 12.2 Å². The van der Waals surface area contributed by atoms with Gasteiger partial charge in [0.15, 0.2) is 5.78 Å². The number of carbonyl (C=O) groups excluding carboxylic acids is 1. The number of rotatable bonds is 4. The minimum absolute atomic E-state index is 0.116. The minimum Gasteiger partial charge on any atom is -0.305 e. The van der Waals surface area contributed by atoms with Gasteiger partial charge in [0.25, 0.3) is 0 Å². The second kappa shape index (κ2) is 5.19. The maximum atomic E-state index is 13.3. The number of aryl methyl sites for hydroxylation is 1. The number of hydrogen-bond acceptors (Lipinski definition) is 2. The second-order valence-electron chi connectivity index (χ2n) is 5.16. The van der Waals surface area contributed by atoms with Crippen molar-refractivity contribution in [1.82, 2.24) is 5.32 Å². The molecular formula is C15H20FNO. The van der Waals surface area contributed by atoms with Gasteiger partial charge in [-0.15, -0.1) is 0 Å². The van der Waals surface area contributed by atoms with Crippen LogP contribution in [0.15, 0.2) is 18.2 Å². The Morgan fingerprint density at radius 1 is 1.50 bits per heavy atom. The third kappa shape index (κ3) is 2.32. The average Bonchev–Trinajstić information content (AvgIpc) is 2.82. The molecule has 3 heteroatoms. The second-order valence-corrected chi connectivity index (χ2v) is 5.16. The van der Waals surface area contributed by atoms with Crippen molar-refractivity contribution in [2.24, 2.45) is 0 Å². The van der Waals surface area contributed by atoms with Crippen molar-refractivity contribution in [3.05, 3.63) is 35.1 Å². The van der Waals surface area contributed by atoms with Crippen LogP contribution in [0.5, 0.6) is 0 Å². The highest BCUT2D eigenvalue weighted by molar-refractivity contribution is 6.03. The van der Waals surface area contributed by atoms with E-state index in [0.29, 0.717) is 11.1 Å². The molecule has 1 unspecified atom stereocenters. The Hall–Kier alpha value is -1.22. The van der Waals surface area contributed by atoms with Gasteiger partial charge in [-0.3, -0.25) is 4.79 Å². The van der Waals surface area contributed by atoms with Gasteiger partial charge in [-0.05, 0) is 56.5 Å². The smallest absolute Gasteiger partial charge is 0.182 e. The summed E-state index contributed by atoms with van der Waals surface area (Å²) in [5, 5.41) is 3.36. The van der Waals surface area contributed by atoms with Crippen molar-refractivity contribution in [1.29, 1.82) is 0 Å². The Morgan fingerprint density at radius 2 is 2.28 bits per heavy atom. The van der Waals surface area contributed by atoms with Gasteiger partial charge in [0.1, 0.15) is 5.82 Å². The number of hydrogen-bond donors (Lipinski definition) is 1. The number of Topliss-reactive ketones (excluding diaryl/α,β-unsaturated/α-hetero) is 1. The van der Waals surface area contributed by atoms with Crippen LogP contribution in [0.3, 0.4) is 0 Å². The highest BCUT2D eigenvalue weighted by Crippen LogP contribution is 2.29. The molecule has 0 radical (unpaired) electrons. The van der Waals surface area contributed by atoms with Gasteiger partial charge in [-0.2, -0.15) is 0 Å². The van der Waals surface area contributed by atoms with Crippen LogP contribution in [-0.2, 0) is 0 Å². The molecule has 18 heavy (non-hydrogen) atoms. The molecule has 2 nitrogen and oxygen atoms in total. The van der Waals surface area contributed by atoms with E-state index in [4.69, 9.17) is 0 Å². The Bertz CT molecular complexity index is 450. The monoisotopic (exact) mass is 249 g/mol. The van der Waals surface area contributed by atoms with E-state index in [-0.39, 0.29) is 11.6 Å². The van der Waals surface area contributed by atoms with Crippen molar-refractivity contribution >= 4 is 5.78 Å². The fraction of sp³-hybridized carbons (Fsp3) is 0.533. The Morgan fingerprint density at radius 3 is 2.83 bits per heavy atom. The van der Waals surface area contributed by atoms with E-state index in [1.807, 2.05) is 0 Å². The number of benzene rings is 1. The van der Waals surface area contributed by atoms with Gasteiger partial charge in [0.05, 0.1) is 5.54 Å². The molecule has 98 valence electrons. The van der Waals surface area contributed by atoms with Gasteiger partial charge >= 0.3 is 0 Å². The van der Waals surface area contributed by atoms with Crippen LogP contribution < -0.4 is 5.32 Å². The molecule has 1 aromatic carbocycles. The average molecular weight is 249 g/mol. The van der Waals surface area contributed by atoms with Crippen molar-refractivity contribution in [3.63, 3.8) is 0 Å². The topological polar surface area (TPSA) is 29.1 Å². The van der Waals surface area contributed by atoms with Crippen LogP contribution >= 0.6 is 0 Å². The lowest BCUT2D eigenvalue weighted by Crippen LogP contribution is -2.47. The molecule has 0 spiro atoms. The summed E-state index contributed by atoms with van der Waals surface area (Å²) in [6.45, 7) is 4.68. The summed E-state index contributed by atoms with van der Waals surface area (Å²) in [4.78, 5) is 12.6. The summed E-state index contributed by atoms with van der Waals surface area (Å²) in [6, 6.07) is 4.65. The maximum absolute atomic E-state index is 13.3. The predicted octanol–water partition coefficient (Wildman–Crippen LogP) is 3.24. The molecule has 1 atom stereocenters. The lowest BCUT2D eigenvalue weighted by molar-refractivity contribution is 0.0857. The lowest BCUT2D eigenvalue weighted by Gasteiger charge is -2.27. The first-order valence-corrected chi connectivity index (χ1v) is 6.65. The third-order valence-corrected chi connectivity index (χ3v) is 3.78. The van der Waals surface area contributed by atoms with Gasteiger partial charge in [0.2, 0.25) is 0 Å². The summed E-state index contributed by atoms with van der Waals surface area (Å²) in [5.41, 5.74) is 0.737. The standard InChI is InChI=1S/C15H20FNO/c1-3-7-15(8-4-9-17-15)14(18)12-5-6-13(16)11(2)10-12/h5-6,10,17H,3-4,7-9H2,1-2H3. The van der Waals surface area contributed by atoms with E-state index in [9.17, 15) is 9.18 Å². The molecule has 1 fully saturated rings. The molecule has 1 aliphatic rings. The van der Waals surface area contributed by atoms with Crippen molar-refractivity contribution < 1.29 is 9.18 Å². The molecular weight excluding hydrogens is 229 g/mol. The molecule has 1 heterocycles. The first kappa shape index (κ1) is 13.2. The number of nitrogens with one attached hydrogen (secondary N) is 1. The third-order valence-electron chi connectivity index (χ3n) is 3.78. The normalized spacial score (nSPS) is 23.3. The number of halogens is 1. The zero-order chi connectivity index (χ0) is 13.2. The highest BCUT2D eigenvalue weighted by Gasteiger charge is 2.40. The van der Waals surface area contributed by atoms with Crippen molar-refractivity contribution in [3.8, 4) is 0 Å². The lowest BCUT2D eigenvalue weighted by atomic mass is 9.83. The highest BCUT2D eigenvalue weighted by atomic mass is 19.1. The number of ketones is 1. The first-order valence-electron chi connectivity index (χ1n) is 6.65. The maximum Gasteiger partial charge on any atom is 0.182 e. The summed E-state index contributed by atoms with van der Waals surface area (Å²) in [6.07, 6.45) is 3.74. The summed E-state index contributed by atoms with van der Waals surface area (Å²) >= 11 is 0. The first-order chi connectivity index (χ1) is 8.59. The quantitative estimate of drug-likeness (QED) is 0.830. The largest absolute Gasteiger partial charge is 0.305 e. The van der Waals surface area contributed by atoms with Gasteiger partial charge in [0, 0.05) is 5.56 Å². The Balaban J connectivity index is 2.30. The van der Waals surface area contributed by atoms with Gasteiger partial charge in [-0.25, -0.2) is 4.39 Å². The summed E-state index contributed by atoms with van der Waals surface area (Å²) in [7, 11) is 0. The molecule has 1 aliphatic heterocycles. The molecule has 0 amide bonds.